The molecule has 1 atom stereocenters. The van der Waals surface area contributed by atoms with Crippen LogP contribution in [-0.4, -0.2) is 49.6 Å². The van der Waals surface area contributed by atoms with Gasteiger partial charge in [-0.25, -0.2) is 0 Å². The van der Waals surface area contributed by atoms with Crippen molar-refractivity contribution in [3.8, 4) is 0 Å². The molecule has 5 nitrogen and oxygen atoms in total. The van der Waals surface area contributed by atoms with Crippen LogP contribution in [0.2, 0.25) is 0 Å². The van der Waals surface area contributed by atoms with Gasteiger partial charge < -0.3 is 14.5 Å². The first-order chi connectivity index (χ1) is 10.2. The summed E-state index contributed by atoms with van der Waals surface area (Å²) in [5.74, 6) is -0.677. The number of hydrogen-bond acceptors (Lipinski definition) is 3. The Bertz CT molecular complexity index is 540. The first kappa shape index (κ1) is 14.5. The Hall–Kier alpha value is -1.40. The monoisotopic (exact) mass is 352 g/mol. The molecule has 0 bridgehead atoms. The van der Waals surface area contributed by atoms with E-state index in [0.717, 1.165) is 10.2 Å². The summed E-state index contributed by atoms with van der Waals surface area (Å²) >= 11 is 3.38. The van der Waals surface area contributed by atoms with Crippen molar-refractivity contribution in [3.05, 3.63) is 28.7 Å². The van der Waals surface area contributed by atoms with E-state index in [0.29, 0.717) is 39.3 Å². The Kier molecular flexibility index (Phi) is 4.26. The van der Waals surface area contributed by atoms with E-state index >= 15 is 0 Å². The summed E-state index contributed by atoms with van der Waals surface area (Å²) in [6, 6.07) is 7.59. The van der Waals surface area contributed by atoms with Crippen molar-refractivity contribution in [2.45, 2.75) is 6.42 Å². The summed E-state index contributed by atoms with van der Waals surface area (Å²) in [4.78, 5) is 28.4. The van der Waals surface area contributed by atoms with E-state index < -0.39 is 5.92 Å². The van der Waals surface area contributed by atoms with Crippen LogP contribution in [0.5, 0.6) is 0 Å². The number of rotatable bonds is 2. The number of carbonyl (C=O) groups excluding carboxylic acids is 2. The lowest BCUT2D eigenvalue weighted by atomic mass is 10.1. The number of anilines is 1. The fourth-order valence-corrected chi connectivity index (χ4v) is 3.05. The minimum atomic E-state index is -0.535. The molecule has 0 saturated carbocycles. The average molecular weight is 353 g/mol. The van der Waals surface area contributed by atoms with Gasteiger partial charge in [0.25, 0.3) is 0 Å². The maximum atomic E-state index is 12.5. The second kappa shape index (κ2) is 6.15. The number of nitrogens with zero attached hydrogens (tertiary/aromatic N) is 2. The van der Waals surface area contributed by atoms with E-state index in [-0.39, 0.29) is 11.8 Å². The molecule has 0 N–H and O–H groups in total. The summed E-state index contributed by atoms with van der Waals surface area (Å²) < 4.78 is 6.22. The highest BCUT2D eigenvalue weighted by molar-refractivity contribution is 9.10. The Morgan fingerprint density at radius 3 is 2.48 bits per heavy atom. The van der Waals surface area contributed by atoms with Crippen LogP contribution in [0.15, 0.2) is 28.7 Å². The predicted octanol–water partition coefficient (Wildman–Crippen LogP) is 1.66. The third-order valence-electron chi connectivity index (χ3n) is 3.96. The van der Waals surface area contributed by atoms with Crippen LogP contribution < -0.4 is 4.90 Å². The standard InChI is InChI=1S/C15H17BrN2O3/c16-11-1-3-12(4-2-11)18-6-5-13(15(18)20)14(19)17-7-9-21-10-8-17/h1-4,13H,5-10H2/t13-/m0/s1. The molecule has 3 rings (SSSR count). The van der Waals surface area contributed by atoms with E-state index in [1.165, 1.54) is 0 Å². The number of hydrogen-bond donors (Lipinski definition) is 0. The number of morpholine rings is 1. The normalized spacial score (nSPS) is 22.7. The third kappa shape index (κ3) is 2.96. The summed E-state index contributed by atoms with van der Waals surface area (Å²) in [7, 11) is 0. The quantitative estimate of drug-likeness (QED) is 0.760. The lowest BCUT2D eigenvalue weighted by Gasteiger charge is -2.28. The fourth-order valence-electron chi connectivity index (χ4n) is 2.79. The smallest absolute Gasteiger partial charge is 0.239 e. The molecule has 0 radical (unpaired) electrons. The highest BCUT2D eigenvalue weighted by Gasteiger charge is 2.39. The number of ether oxygens (including phenoxy) is 1. The highest BCUT2D eigenvalue weighted by atomic mass is 79.9. The lowest BCUT2D eigenvalue weighted by molar-refractivity contribution is -0.143. The predicted molar refractivity (Wildman–Crippen MR) is 82.0 cm³/mol. The van der Waals surface area contributed by atoms with Gasteiger partial charge in [-0.2, -0.15) is 0 Å². The van der Waals surface area contributed by atoms with Gasteiger partial charge in [-0.15, -0.1) is 0 Å². The average Bonchev–Trinajstić information content (AvgIpc) is 2.90. The number of amides is 2. The minimum absolute atomic E-state index is 0.0529. The summed E-state index contributed by atoms with van der Waals surface area (Å²) in [6.07, 6.45) is 0.588. The van der Waals surface area contributed by atoms with Crippen LogP contribution in [-0.2, 0) is 14.3 Å². The van der Waals surface area contributed by atoms with Crippen LogP contribution in [0.3, 0.4) is 0 Å². The molecule has 0 aromatic heterocycles. The van der Waals surface area contributed by atoms with Crippen LogP contribution in [0, 0.1) is 5.92 Å². The van der Waals surface area contributed by atoms with Crippen molar-refractivity contribution in [1.82, 2.24) is 4.90 Å². The van der Waals surface area contributed by atoms with Crippen molar-refractivity contribution >= 4 is 33.4 Å². The SMILES string of the molecule is O=C([C@@H]1CCN(c2ccc(Br)cc2)C1=O)N1CCOCC1. The third-order valence-corrected chi connectivity index (χ3v) is 4.49. The molecule has 2 saturated heterocycles. The van der Waals surface area contributed by atoms with Crippen LogP contribution in [0.4, 0.5) is 5.69 Å². The van der Waals surface area contributed by atoms with Gasteiger partial charge in [0.15, 0.2) is 0 Å². The Morgan fingerprint density at radius 2 is 1.81 bits per heavy atom. The molecule has 0 aliphatic carbocycles. The Balaban J connectivity index is 1.71. The maximum Gasteiger partial charge on any atom is 0.239 e. The van der Waals surface area contributed by atoms with Crippen LogP contribution >= 0.6 is 15.9 Å². The van der Waals surface area contributed by atoms with E-state index in [2.05, 4.69) is 15.9 Å². The second-order valence-corrected chi connectivity index (χ2v) is 6.16. The highest BCUT2D eigenvalue weighted by Crippen LogP contribution is 2.27. The minimum Gasteiger partial charge on any atom is -0.378 e. The molecule has 0 spiro atoms. The fraction of sp³-hybridized carbons (Fsp3) is 0.467. The summed E-state index contributed by atoms with van der Waals surface area (Å²) in [5, 5.41) is 0. The van der Waals surface area contributed by atoms with E-state index in [1.807, 2.05) is 24.3 Å². The van der Waals surface area contributed by atoms with E-state index in [1.54, 1.807) is 9.80 Å². The zero-order chi connectivity index (χ0) is 14.8. The van der Waals surface area contributed by atoms with Crippen LogP contribution in [0.1, 0.15) is 6.42 Å². The number of halogens is 1. The zero-order valence-corrected chi connectivity index (χ0v) is 13.2. The van der Waals surface area contributed by atoms with E-state index in [9.17, 15) is 9.59 Å². The molecule has 112 valence electrons. The lowest BCUT2D eigenvalue weighted by Crippen LogP contribution is -2.45. The zero-order valence-electron chi connectivity index (χ0n) is 11.6. The van der Waals surface area contributed by atoms with Gasteiger partial charge in [0.2, 0.25) is 11.8 Å². The van der Waals surface area contributed by atoms with Gasteiger partial charge in [-0.1, -0.05) is 15.9 Å². The van der Waals surface area contributed by atoms with Gasteiger partial charge in [-0.3, -0.25) is 9.59 Å². The van der Waals surface area contributed by atoms with Crippen molar-refractivity contribution in [2.24, 2.45) is 5.92 Å². The van der Waals surface area contributed by atoms with Gasteiger partial charge in [0.05, 0.1) is 13.2 Å². The van der Waals surface area contributed by atoms with Crippen molar-refractivity contribution < 1.29 is 14.3 Å². The molecular weight excluding hydrogens is 336 g/mol. The van der Waals surface area contributed by atoms with Crippen molar-refractivity contribution in [1.29, 1.82) is 0 Å². The van der Waals surface area contributed by atoms with Crippen LogP contribution in [0.25, 0.3) is 0 Å². The summed E-state index contributed by atoms with van der Waals surface area (Å²) in [5.41, 5.74) is 0.848. The first-order valence-corrected chi connectivity index (χ1v) is 7.89. The largest absolute Gasteiger partial charge is 0.378 e. The molecule has 21 heavy (non-hydrogen) atoms. The Morgan fingerprint density at radius 1 is 1.14 bits per heavy atom. The molecule has 2 amide bonds. The molecule has 1 aromatic carbocycles. The molecular formula is C15H17BrN2O3. The van der Waals surface area contributed by atoms with Crippen molar-refractivity contribution in [3.63, 3.8) is 0 Å². The number of benzene rings is 1. The maximum absolute atomic E-state index is 12.5. The van der Waals surface area contributed by atoms with Crippen molar-refractivity contribution in [2.75, 3.05) is 37.7 Å². The molecule has 1 aromatic rings. The topological polar surface area (TPSA) is 49.9 Å². The number of carbonyl (C=O) groups is 2. The van der Waals surface area contributed by atoms with Gasteiger partial charge in [0.1, 0.15) is 5.92 Å². The molecule has 2 aliphatic rings. The molecule has 2 aliphatic heterocycles. The van der Waals surface area contributed by atoms with Gasteiger partial charge >= 0.3 is 0 Å². The summed E-state index contributed by atoms with van der Waals surface area (Å²) in [6.45, 7) is 2.88. The van der Waals surface area contributed by atoms with Gasteiger partial charge in [-0.05, 0) is 30.7 Å². The molecule has 6 heteroatoms. The molecule has 2 fully saturated rings. The molecule has 0 unspecified atom stereocenters. The first-order valence-electron chi connectivity index (χ1n) is 7.10. The second-order valence-electron chi connectivity index (χ2n) is 5.25. The van der Waals surface area contributed by atoms with Gasteiger partial charge in [0, 0.05) is 29.8 Å². The Labute approximate surface area is 132 Å². The van der Waals surface area contributed by atoms with E-state index in [4.69, 9.17) is 4.74 Å². The molecule has 2 heterocycles.